The van der Waals surface area contributed by atoms with Gasteiger partial charge >= 0.3 is 0 Å². The number of rotatable bonds is 19. The number of nitrogens with zero attached hydrogens (tertiary/aromatic N) is 2. The highest BCUT2D eigenvalue weighted by Gasteiger charge is 2.38. The van der Waals surface area contributed by atoms with E-state index in [1.165, 1.54) is 0 Å². The molecule has 55 heavy (non-hydrogen) atoms. The number of carbonyl (C=O) groups excluding carboxylic acids is 4. The SMILES string of the molecule is C=CCC(C[C@H](O)[C@H](CC1CCCCC1)NC(=O)[C@@H](NC(=O)c1ccc2ccccc2n1)C1SCCS1)C(=O)N[C@H](C(=O)NCc1ccccn1)[C@H](C)CC. The molecule has 2 aromatic heterocycles. The molecule has 5 rings (SSSR count). The number of carbonyl (C=O) groups is 4. The summed E-state index contributed by atoms with van der Waals surface area (Å²) in [7, 11) is 0. The Morgan fingerprint density at radius 1 is 0.927 bits per heavy atom. The van der Waals surface area contributed by atoms with Crippen molar-refractivity contribution in [1.82, 2.24) is 31.2 Å². The van der Waals surface area contributed by atoms with E-state index in [1.54, 1.807) is 41.9 Å². The van der Waals surface area contributed by atoms with Crippen LogP contribution < -0.4 is 21.3 Å². The summed E-state index contributed by atoms with van der Waals surface area (Å²) in [4.78, 5) is 64.0. The van der Waals surface area contributed by atoms with Crippen molar-refractivity contribution in [2.24, 2.45) is 17.8 Å². The van der Waals surface area contributed by atoms with Crippen LogP contribution in [0.15, 0.2) is 73.4 Å². The number of thioether (sulfide) groups is 2. The molecule has 1 saturated heterocycles. The third-order valence-electron chi connectivity index (χ3n) is 10.7. The first-order valence-corrected chi connectivity index (χ1v) is 21.7. The highest BCUT2D eigenvalue weighted by Crippen LogP contribution is 2.35. The molecule has 6 atom stereocenters. The molecule has 5 N–H and O–H groups in total. The molecule has 1 aromatic carbocycles. The highest BCUT2D eigenvalue weighted by molar-refractivity contribution is 8.20. The number of nitrogens with one attached hydrogen (secondary N) is 4. The Labute approximate surface area is 333 Å². The number of aliphatic hydroxyl groups excluding tert-OH is 1. The number of hydrogen-bond donors (Lipinski definition) is 5. The quantitative estimate of drug-likeness (QED) is 0.0949. The van der Waals surface area contributed by atoms with Crippen molar-refractivity contribution in [2.45, 2.75) is 107 Å². The van der Waals surface area contributed by atoms with Crippen molar-refractivity contribution >= 4 is 58.1 Å². The van der Waals surface area contributed by atoms with Crippen LogP contribution >= 0.6 is 23.5 Å². The molecule has 13 heteroatoms. The van der Waals surface area contributed by atoms with Gasteiger partial charge in [-0.05, 0) is 55.4 Å². The topological polar surface area (TPSA) is 162 Å². The maximum absolute atomic E-state index is 14.3. The average molecular weight is 789 g/mol. The highest BCUT2D eigenvalue weighted by atomic mass is 32.2. The molecular formula is C42H56N6O5S2. The van der Waals surface area contributed by atoms with Gasteiger partial charge in [-0.3, -0.25) is 24.2 Å². The van der Waals surface area contributed by atoms with Crippen LogP contribution in [0.5, 0.6) is 0 Å². The predicted octanol–water partition coefficient (Wildman–Crippen LogP) is 5.78. The van der Waals surface area contributed by atoms with E-state index in [-0.39, 0.29) is 53.3 Å². The smallest absolute Gasteiger partial charge is 0.270 e. The van der Waals surface area contributed by atoms with Gasteiger partial charge in [-0.15, -0.1) is 30.1 Å². The maximum Gasteiger partial charge on any atom is 0.270 e. The van der Waals surface area contributed by atoms with E-state index in [0.717, 1.165) is 49.0 Å². The van der Waals surface area contributed by atoms with E-state index in [0.29, 0.717) is 30.0 Å². The van der Waals surface area contributed by atoms with Gasteiger partial charge in [-0.2, -0.15) is 0 Å². The van der Waals surface area contributed by atoms with Crippen LogP contribution in [0.2, 0.25) is 0 Å². The fraction of sp³-hybridized carbons (Fsp3) is 0.524. The minimum atomic E-state index is -1.07. The van der Waals surface area contributed by atoms with Gasteiger partial charge in [0.05, 0.1) is 34.5 Å². The van der Waals surface area contributed by atoms with E-state index in [2.05, 4.69) is 37.8 Å². The monoisotopic (exact) mass is 788 g/mol. The average Bonchev–Trinajstić information content (AvgIpc) is 3.75. The molecule has 1 aliphatic heterocycles. The summed E-state index contributed by atoms with van der Waals surface area (Å²) in [5.74, 6) is -0.285. The fourth-order valence-corrected chi connectivity index (χ4v) is 10.3. The van der Waals surface area contributed by atoms with E-state index in [9.17, 15) is 24.3 Å². The van der Waals surface area contributed by atoms with Crippen LogP contribution in [0.25, 0.3) is 10.9 Å². The van der Waals surface area contributed by atoms with Crippen molar-refractivity contribution in [2.75, 3.05) is 11.5 Å². The lowest BCUT2D eigenvalue weighted by molar-refractivity contribution is -0.133. The second-order valence-corrected chi connectivity index (χ2v) is 17.5. The molecule has 1 saturated carbocycles. The van der Waals surface area contributed by atoms with E-state index in [1.807, 2.05) is 62.4 Å². The Morgan fingerprint density at radius 3 is 2.38 bits per heavy atom. The Bertz CT molecular complexity index is 1740. The van der Waals surface area contributed by atoms with Gasteiger partial charge in [0.1, 0.15) is 17.8 Å². The Kier molecular flexibility index (Phi) is 16.4. The molecule has 1 aliphatic carbocycles. The molecule has 11 nitrogen and oxygen atoms in total. The molecule has 0 radical (unpaired) electrons. The van der Waals surface area contributed by atoms with Crippen LogP contribution in [-0.2, 0) is 20.9 Å². The van der Waals surface area contributed by atoms with Crippen molar-refractivity contribution < 1.29 is 24.3 Å². The van der Waals surface area contributed by atoms with Crippen molar-refractivity contribution in [3.05, 3.63) is 84.8 Å². The van der Waals surface area contributed by atoms with Gasteiger partial charge in [0.25, 0.3) is 5.91 Å². The van der Waals surface area contributed by atoms with Crippen LogP contribution in [-0.4, -0.2) is 79.0 Å². The third-order valence-corrected chi connectivity index (χ3v) is 13.9. The number of para-hydroxylation sites is 1. The van der Waals surface area contributed by atoms with Crippen molar-refractivity contribution in [1.29, 1.82) is 0 Å². The summed E-state index contributed by atoms with van der Waals surface area (Å²) in [6, 6.07) is 14.2. The van der Waals surface area contributed by atoms with E-state index >= 15 is 0 Å². The Balaban J connectivity index is 1.30. The summed E-state index contributed by atoms with van der Waals surface area (Å²) in [5.41, 5.74) is 1.62. The Morgan fingerprint density at radius 2 is 1.67 bits per heavy atom. The molecular weight excluding hydrogens is 733 g/mol. The number of hydrogen-bond acceptors (Lipinski definition) is 9. The van der Waals surface area contributed by atoms with E-state index in [4.69, 9.17) is 0 Å². The van der Waals surface area contributed by atoms with Crippen LogP contribution in [0.3, 0.4) is 0 Å². The van der Waals surface area contributed by atoms with Crippen LogP contribution in [0.4, 0.5) is 0 Å². The standard InChI is InChI=1S/C42H56N6O5S2/c1-4-13-30(38(50)47-36(27(3)5-2)40(52)44-26-31-17-11-12-21-43-31)25-35(49)34(24-28-14-7-6-8-15-28)46-41(53)37(42-54-22-23-55-42)48-39(51)33-20-19-29-16-9-10-18-32(29)45-33/h4,9-12,16-21,27-28,30,34-37,42,49H,1,5-8,13-15,22-26H2,2-3H3,(H,44,52)(H,46,53)(H,47,50)(H,48,51)/t27-,30?,34+,35+,36+,37-/m1/s1. The number of benzene rings is 1. The van der Waals surface area contributed by atoms with Gasteiger partial charge in [-0.1, -0.05) is 88.8 Å². The third kappa shape index (κ3) is 12.3. The zero-order chi connectivity index (χ0) is 39.2. The molecule has 0 bridgehead atoms. The lowest BCUT2D eigenvalue weighted by Gasteiger charge is -2.33. The normalized spacial score (nSPS) is 18.3. The summed E-state index contributed by atoms with van der Waals surface area (Å²) >= 11 is 3.26. The van der Waals surface area contributed by atoms with Crippen LogP contribution in [0, 0.1) is 17.8 Å². The molecule has 0 spiro atoms. The first kappa shape index (κ1) is 42.2. The summed E-state index contributed by atoms with van der Waals surface area (Å²) in [5, 5.41) is 24.9. The van der Waals surface area contributed by atoms with Crippen molar-refractivity contribution in [3.63, 3.8) is 0 Å². The maximum atomic E-state index is 14.3. The van der Waals surface area contributed by atoms with E-state index < -0.39 is 36.1 Å². The van der Waals surface area contributed by atoms with Gasteiger partial charge in [0, 0.05) is 29.0 Å². The largest absolute Gasteiger partial charge is 0.391 e. The molecule has 2 aliphatic rings. The van der Waals surface area contributed by atoms with Crippen molar-refractivity contribution in [3.8, 4) is 0 Å². The summed E-state index contributed by atoms with van der Waals surface area (Å²) in [6.45, 7) is 8.00. The predicted molar refractivity (Wildman–Crippen MR) is 221 cm³/mol. The molecule has 3 aromatic rings. The molecule has 3 heterocycles. The number of allylic oxidation sites excluding steroid dienone is 1. The number of aliphatic hydroxyl groups is 1. The first-order valence-electron chi connectivity index (χ1n) is 19.6. The summed E-state index contributed by atoms with van der Waals surface area (Å²) < 4.78 is -0.211. The zero-order valence-corrected chi connectivity index (χ0v) is 33.6. The number of amides is 4. The Hall–Kier alpha value is -3.94. The minimum Gasteiger partial charge on any atom is -0.391 e. The van der Waals surface area contributed by atoms with Gasteiger partial charge in [0.2, 0.25) is 17.7 Å². The molecule has 4 amide bonds. The molecule has 296 valence electrons. The fourth-order valence-electron chi connectivity index (χ4n) is 7.33. The second kappa shape index (κ2) is 21.4. The number of pyridine rings is 2. The number of fused-ring (bicyclic) bond motifs is 1. The molecule has 1 unspecified atom stereocenters. The van der Waals surface area contributed by atoms with Crippen LogP contribution in [0.1, 0.15) is 87.8 Å². The zero-order valence-electron chi connectivity index (χ0n) is 32.0. The second-order valence-electron chi connectivity index (χ2n) is 14.7. The van der Waals surface area contributed by atoms with Gasteiger partial charge in [-0.25, -0.2) is 4.98 Å². The first-order chi connectivity index (χ1) is 26.7. The lowest BCUT2D eigenvalue weighted by Crippen LogP contribution is -2.56. The van der Waals surface area contributed by atoms with Gasteiger partial charge in [0.15, 0.2) is 0 Å². The number of aromatic nitrogens is 2. The lowest BCUT2D eigenvalue weighted by atomic mass is 9.82. The van der Waals surface area contributed by atoms with Gasteiger partial charge < -0.3 is 26.4 Å². The minimum absolute atomic E-state index is 0.0588. The molecule has 2 fully saturated rings. The summed E-state index contributed by atoms with van der Waals surface area (Å²) in [6.07, 6.45) is 9.15.